The van der Waals surface area contributed by atoms with Crippen LogP contribution < -0.4 is 31.3 Å². The van der Waals surface area contributed by atoms with E-state index in [0.29, 0.717) is 16.7 Å². The molecule has 5 aliphatic rings. The Bertz CT molecular complexity index is 2470. The van der Waals surface area contributed by atoms with E-state index < -0.39 is 18.3 Å². The Morgan fingerprint density at radius 2 is 1.19 bits per heavy atom. The summed E-state index contributed by atoms with van der Waals surface area (Å²) in [4.78, 5) is 58.0. The Labute approximate surface area is 436 Å². The van der Waals surface area contributed by atoms with Crippen LogP contribution in [0.25, 0.3) is 5.57 Å². The number of carbonyl (C=O) groups excluding carboxylic acids is 5. The first-order chi connectivity index (χ1) is 35.2. The van der Waals surface area contributed by atoms with Crippen molar-refractivity contribution in [3.8, 4) is 5.75 Å². The van der Waals surface area contributed by atoms with Gasteiger partial charge in [0, 0.05) is 86.1 Å². The number of thioether (sulfide) groups is 1. The maximum atomic E-state index is 11.7. The van der Waals surface area contributed by atoms with E-state index in [1.54, 1.807) is 35.3 Å². The number of carbonyl (C=O) groups is 5. The van der Waals surface area contributed by atoms with Crippen LogP contribution in [-0.4, -0.2) is 111 Å². The SMILES string of the molecule is CNC(=O)C1=C(C)c2ccccc2C1.CNC(=O)C1=CC(CCc2ccc(OC)cc2)CCC1.CNC(=O)C1=CC(Sc2ccccc2)CCC1.CNC(=O)C1=CCCC1.CNC(=O)C1=C[C@@H](O)[C@@H](O)[C@H](O)C1. The molecule has 0 radical (unpaired) electrons. The number of benzene rings is 3. The second kappa shape index (κ2) is 31.4. The summed E-state index contributed by atoms with van der Waals surface area (Å²) in [7, 11) is 9.88. The minimum absolute atomic E-state index is 0.0405. The van der Waals surface area contributed by atoms with E-state index in [-0.39, 0.29) is 36.0 Å². The molecule has 0 saturated heterocycles. The number of likely N-dealkylation sites (N-methyl/N-ethyl adjacent to an activating group) is 5. The van der Waals surface area contributed by atoms with Crippen LogP contribution in [0, 0.1) is 5.92 Å². The molecule has 0 spiro atoms. The molecule has 8 N–H and O–H groups in total. The quantitative estimate of drug-likeness (QED) is 0.1000. The number of methoxy groups -OCH3 is 1. The van der Waals surface area contributed by atoms with Crippen molar-refractivity contribution in [2.24, 2.45) is 5.92 Å². The molecule has 3 aromatic rings. The molecule has 73 heavy (non-hydrogen) atoms. The molecule has 8 rings (SSSR count). The summed E-state index contributed by atoms with van der Waals surface area (Å²) in [6.45, 7) is 2.01. The van der Waals surface area contributed by atoms with Crippen LogP contribution in [0.5, 0.6) is 5.75 Å². The van der Waals surface area contributed by atoms with Gasteiger partial charge in [-0.1, -0.05) is 72.8 Å². The molecule has 5 amide bonds. The maximum Gasteiger partial charge on any atom is 0.247 e. The van der Waals surface area contributed by atoms with E-state index in [2.05, 4.69) is 87.3 Å². The van der Waals surface area contributed by atoms with Gasteiger partial charge in [-0.25, -0.2) is 0 Å². The van der Waals surface area contributed by atoms with E-state index in [9.17, 15) is 34.2 Å². The van der Waals surface area contributed by atoms with Crippen LogP contribution in [0.15, 0.2) is 136 Å². The fraction of sp³-hybridized carbons (Fsp3) is 0.431. The van der Waals surface area contributed by atoms with E-state index in [1.165, 1.54) is 41.1 Å². The fourth-order valence-electron chi connectivity index (χ4n) is 8.97. The van der Waals surface area contributed by atoms with Gasteiger partial charge in [-0.05, 0) is 136 Å². The summed E-state index contributed by atoms with van der Waals surface area (Å²) in [5.74, 6) is 1.37. The smallest absolute Gasteiger partial charge is 0.247 e. The maximum absolute atomic E-state index is 11.7. The highest BCUT2D eigenvalue weighted by Crippen LogP contribution is 2.34. The third kappa shape index (κ3) is 18.9. The zero-order valence-corrected chi connectivity index (χ0v) is 44.4. The molecule has 3 aromatic carbocycles. The van der Waals surface area contributed by atoms with Crippen molar-refractivity contribution in [3.63, 3.8) is 0 Å². The van der Waals surface area contributed by atoms with Crippen molar-refractivity contribution < 1.29 is 44.0 Å². The summed E-state index contributed by atoms with van der Waals surface area (Å²) in [5, 5.41) is 41.1. The molecule has 0 aromatic heterocycles. The van der Waals surface area contributed by atoms with Crippen molar-refractivity contribution in [1.82, 2.24) is 26.6 Å². The molecule has 0 saturated carbocycles. The van der Waals surface area contributed by atoms with Crippen LogP contribution in [0.2, 0.25) is 0 Å². The highest BCUT2D eigenvalue weighted by Gasteiger charge is 2.31. The van der Waals surface area contributed by atoms with Gasteiger partial charge in [-0.15, -0.1) is 11.8 Å². The number of amides is 5. The van der Waals surface area contributed by atoms with Crippen LogP contribution in [0.1, 0.15) is 94.2 Å². The van der Waals surface area contributed by atoms with E-state index in [4.69, 9.17) is 9.84 Å². The molecule has 394 valence electrons. The number of hydrogen-bond donors (Lipinski definition) is 8. The Kier molecular flexibility index (Phi) is 25.5. The molecule has 0 fully saturated rings. The number of aliphatic hydroxyl groups excluding tert-OH is 3. The van der Waals surface area contributed by atoms with Gasteiger partial charge in [0.05, 0.1) is 13.2 Å². The van der Waals surface area contributed by atoms with Crippen molar-refractivity contribution in [3.05, 3.63) is 148 Å². The second-order valence-electron chi connectivity index (χ2n) is 18.2. The molecule has 15 heteroatoms. The zero-order valence-electron chi connectivity index (χ0n) is 43.6. The Hall–Kier alpha value is -6.26. The molecule has 2 unspecified atom stereocenters. The van der Waals surface area contributed by atoms with Crippen molar-refractivity contribution in [1.29, 1.82) is 0 Å². The first kappa shape index (κ1) is 59.3. The predicted octanol–water partition coefficient (Wildman–Crippen LogP) is 6.85. The van der Waals surface area contributed by atoms with Gasteiger partial charge in [0.15, 0.2) is 0 Å². The summed E-state index contributed by atoms with van der Waals surface area (Å²) >= 11 is 1.84. The van der Waals surface area contributed by atoms with Gasteiger partial charge in [0.2, 0.25) is 29.5 Å². The lowest BCUT2D eigenvalue weighted by Gasteiger charge is -2.26. The third-order valence-electron chi connectivity index (χ3n) is 13.2. The van der Waals surface area contributed by atoms with Gasteiger partial charge in [0.25, 0.3) is 0 Å². The van der Waals surface area contributed by atoms with Gasteiger partial charge < -0.3 is 46.6 Å². The van der Waals surface area contributed by atoms with Gasteiger partial charge in [0.1, 0.15) is 18.0 Å². The molecule has 5 atom stereocenters. The van der Waals surface area contributed by atoms with Crippen LogP contribution in [0.4, 0.5) is 0 Å². The highest BCUT2D eigenvalue weighted by atomic mass is 32.2. The lowest BCUT2D eigenvalue weighted by Crippen LogP contribution is -2.42. The number of nitrogens with one attached hydrogen (secondary N) is 5. The standard InChI is InChI=1S/C17H23NO2.C14H17NOS.C12H13NO.C8H13NO4.C7H11NO/c1-18-17(19)15-5-3-4-14(12-15)7-6-13-8-10-16(20-2)11-9-13;1-15-14(16)11-6-5-9-13(10-11)17-12-7-3-2-4-8-12;1-8-10-6-4-3-5-9(10)7-11(8)12(14)13-2;1-9-8(13)4-2-5(10)7(12)6(11)3-4;1-8-7(9)6-4-2-3-5-6/h8-12,14H,3-7H2,1-2H3,(H,18,19);2-4,7-8,10,13H,5-6,9H2,1H3,(H,15,16);3-6H,7H2,1-2H3,(H,13,14);2,5-7,10-12H,3H2,1H3,(H,9,13);4H,2-3,5H2,1H3,(H,8,9)/t;;;5-,6-,7-;/m...1./s1. The normalized spacial score (nSPS) is 20.4. The summed E-state index contributed by atoms with van der Waals surface area (Å²) in [6.07, 6.45) is 16.7. The number of hydrogen-bond acceptors (Lipinski definition) is 10. The molecule has 0 bridgehead atoms. The van der Waals surface area contributed by atoms with Crippen LogP contribution in [0.3, 0.4) is 0 Å². The van der Waals surface area contributed by atoms with Crippen LogP contribution in [-0.2, 0) is 36.8 Å². The monoisotopic (exact) mass is 1020 g/mol. The minimum atomic E-state index is -1.20. The van der Waals surface area contributed by atoms with Crippen LogP contribution >= 0.6 is 11.8 Å². The largest absolute Gasteiger partial charge is 0.497 e. The number of rotatable bonds is 11. The first-order valence-corrected chi connectivity index (χ1v) is 26.1. The van der Waals surface area contributed by atoms with Crippen molar-refractivity contribution >= 4 is 46.9 Å². The minimum Gasteiger partial charge on any atom is -0.497 e. The molecular formula is C58H77N5O9S. The predicted molar refractivity (Wildman–Crippen MR) is 290 cm³/mol. The fourth-order valence-corrected chi connectivity index (χ4v) is 10.1. The zero-order chi connectivity index (χ0) is 53.3. The summed E-state index contributed by atoms with van der Waals surface area (Å²) in [6, 6.07) is 26.8. The number of aryl methyl sites for hydroxylation is 1. The van der Waals surface area contributed by atoms with Crippen molar-refractivity contribution in [2.45, 2.75) is 119 Å². The lowest BCUT2D eigenvalue weighted by atomic mass is 9.86. The van der Waals surface area contributed by atoms with E-state index in [0.717, 1.165) is 104 Å². The topological polar surface area (TPSA) is 215 Å². The van der Waals surface area contributed by atoms with Gasteiger partial charge >= 0.3 is 0 Å². The molecular weight excluding hydrogens is 943 g/mol. The number of fused-ring (bicyclic) bond motifs is 1. The third-order valence-corrected chi connectivity index (χ3v) is 14.4. The Balaban J connectivity index is 0.000000202. The highest BCUT2D eigenvalue weighted by molar-refractivity contribution is 8.00. The van der Waals surface area contributed by atoms with Crippen molar-refractivity contribution in [2.75, 3.05) is 42.3 Å². The lowest BCUT2D eigenvalue weighted by molar-refractivity contribution is -0.119. The summed E-state index contributed by atoms with van der Waals surface area (Å²) < 4.78 is 5.16. The molecule has 0 aliphatic heterocycles. The summed E-state index contributed by atoms with van der Waals surface area (Å²) in [5.41, 5.74) is 8.95. The number of allylic oxidation sites excluding steroid dienone is 3. The van der Waals surface area contributed by atoms with E-state index in [1.807, 2.05) is 55.1 Å². The average molecular weight is 1020 g/mol. The molecule has 14 nitrogen and oxygen atoms in total. The average Bonchev–Trinajstić information content (AvgIpc) is 4.10. The second-order valence-corrected chi connectivity index (χ2v) is 19.5. The van der Waals surface area contributed by atoms with Gasteiger partial charge in [-0.3, -0.25) is 24.0 Å². The van der Waals surface area contributed by atoms with Gasteiger partial charge in [-0.2, -0.15) is 0 Å². The number of aliphatic hydroxyl groups is 3. The molecule has 5 aliphatic carbocycles. The Morgan fingerprint density at radius 1 is 0.630 bits per heavy atom. The Morgan fingerprint density at radius 3 is 1.77 bits per heavy atom. The van der Waals surface area contributed by atoms with E-state index >= 15 is 0 Å². The molecule has 0 heterocycles. The number of ether oxygens (including phenoxy) is 1. The first-order valence-electron chi connectivity index (χ1n) is 25.2.